The van der Waals surface area contributed by atoms with Gasteiger partial charge in [0.05, 0.1) is 12.8 Å². The number of piperidine rings is 1. The van der Waals surface area contributed by atoms with Gasteiger partial charge in [0, 0.05) is 64.1 Å². The lowest BCUT2D eigenvalue weighted by molar-refractivity contribution is -0.141. The van der Waals surface area contributed by atoms with Gasteiger partial charge < -0.3 is 9.47 Å². The molecule has 4 heterocycles. The Morgan fingerprint density at radius 3 is 2.87 bits per heavy atom. The number of nitrogens with zero attached hydrogens (tertiary/aromatic N) is 4. The molecule has 31 heavy (non-hydrogen) atoms. The second-order valence-corrected chi connectivity index (χ2v) is 9.43. The van der Waals surface area contributed by atoms with E-state index < -0.39 is 5.54 Å². The molecule has 2 bridgehead atoms. The third-order valence-corrected chi connectivity index (χ3v) is 7.75. The Morgan fingerprint density at radius 1 is 1.39 bits per heavy atom. The number of piperazine rings is 1. The minimum absolute atomic E-state index is 0.0344. The molecular formula is C20H30FN5O4S. The van der Waals surface area contributed by atoms with Crippen molar-refractivity contribution >= 4 is 18.0 Å². The van der Waals surface area contributed by atoms with Crippen molar-refractivity contribution in [2.24, 2.45) is 0 Å². The molecule has 3 fully saturated rings. The number of hydrogen-bond acceptors (Lipinski definition) is 9. The SMILES string of the molecule is COCCN1CC2CCC(C(=O)NO)(C1)N2SN1CCC(Oc2ccc(F)cn2)CC1. The summed E-state index contributed by atoms with van der Waals surface area (Å²) in [6.45, 7) is 4.46. The number of pyridine rings is 1. The lowest BCUT2D eigenvalue weighted by Gasteiger charge is -2.48. The van der Waals surface area contributed by atoms with Crippen molar-refractivity contribution in [1.29, 1.82) is 0 Å². The zero-order chi connectivity index (χ0) is 21.8. The summed E-state index contributed by atoms with van der Waals surface area (Å²) in [7, 11) is 1.68. The van der Waals surface area contributed by atoms with Gasteiger partial charge in [-0.25, -0.2) is 23.5 Å². The smallest absolute Gasteiger partial charge is 0.266 e. The number of rotatable bonds is 8. The monoisotopic (exact) mass is 455 g/mol. The Kier molecular flexibility index (Phi) is 7.29. The number of amides is 1. The molecule has 3 aliphatic heterocycles. The summed E-state index contributed by atoms with van der Waals surface area (Å²) < 4.78 is 28.6. The molecule has 2 unspecified atom stereocenters. The van der Waals surface area contributed by atoms with Crippen molar-refractivity contribution in [1.82, 2.24) is 24.0 Å². The largest absolute Gasteiger partial charge is 0.474 e. The van der Waals surface area contributed by atoms with Crippen LogP contribution in [-0.4, -0.2) is 93.7 Å². The number of hydroxylamine groups is 1. The quantitative estimate of drug-likeness (QED) is 0.342. The van der Waals surface area contributed by atoms with Gasteiger partial charge in [-0.15, -0.1) is 0 Å². The molecule has 1 aromatic heterocycles. The number of aromatic nitrogens is 1. The van der Waals surface area contributed by atoms with Crippen LogP contribution in [0, 0.1) is 5.82 Å². The highest BCUT2D eigenvalue weighted by molar-refractivity contribution is 7.94. The van der Waals surface area contributed by atoms with E-state index in [1.807, 2.05) is 5.48 Å². The molecule has 0 aliphatic carbocycles. The molecule has 9 nitrogen and oxygen atoms in total. The Bertz CT molecular complexity index is 752. The van der Waals surface area contributed by atoms with Crippen LogP contribution >= 0.6 is 12.1 Å². The second kappa shape index (κ2) is 9.97. The van der Waals surface area contributed by atoms with Crippen LogP contribution in [0.25, 0.3) is 0 Å². The van der Waals surface area contributed by atoms with E-state index in [-0.39, 0.29) is 23.9 Å². The van der Waals surface area contributed by atoms with Gasteiger partial charge in [-0.3, -0.25) is 14.9 Å². The van der Waals surface area contributed by atoms with Crippen molar-refractivity contribution < 1.29 is 23.9 Å². The van der Waals surface area contributed by atoms with E-state index in [2.05, 4.69) is 18.5 Å². The van der Waals surface area contributed by atoms with E-state index in [4.69, 9.17) is 9.47 Å². The molecule has 4 rings (SSSR count). The predicted molar refractivity (Wildman–Crippen MR) is 113 cm³/mol. The van der Waals surface area contributed by atoms with Crippen LogP contribution in [0.3, 0.4) is 0 Å². The third-order valence-electron chi connectivity index (χ3n) is 6.33. The van der Waals surface area contributed by atoms with Crippen LogP contribution in [0.1, 0.15) is 25.7 Å². The first-order valence-corrected chi connectivity index (χ1v) is 11.4. The minimum atomic E-state index is -0.749. The van der Waals surface area contributed by atoms with Crippen molar-refractivity contribution in [2.75, 3.05) is 46.4 Å². The second-order valence-electron chi connectivity index (χ2n) is 8.36. The topological polar surface area (TPSA) is 90.4 Å². The number of ether oxygens (including phenoxy) is 2. The van der Waals surface area contributed by atoms with Crippen LogP contribution in [0.5, 0.6) is 5.88 Å². The molecule has 3 aliphatic rings. The number of hydrogen-bond donors (Lipinski definition) is 2. The standard InChI is InChI=1S/C20H30FN5O4S/c1-29-11-10-24-13-16-4-7-20(14-24,19(27)23-28)26(16)31-25-8-5-17(6-9-25)30-18-3-2-15(21)12-22-18/h2-3,12,16-17,28H,4-11,13-14H2,1H3,(H,23,27). The van der Waals surface area contributed by atoms with Gasteiger partial charge in [0.1, 0.15) is 17.5 Å². The van der Waals surface area contributed by atoms with Crippen LogP contribution < -0.4 is 10.2 Å². The number of halogens is 1. The van der Waals surface area contributed by atoms with Gasteiger partial charge in [-0.1, -0.05) is 0 Å². The first-order valence-electron chi connectivity index (χ1n) is 10.7. The summed E-state index contributed by atoms with van der Waals surface area (Å²) >= 11 is 1.61. The lowest BCUT2D eigenvalue weighted by Crippen LogP contribution is -2.66. The van der Waals surface area contributed by atoms with Gasteiger partial charge >= 0.3 is 0 Å². The van der Waals surface area contributed by atoms with E-state index in [0.29, 0.717) is 19.0 Å². The fourth-order valence-electron chi connectivity index (χ4n) is 4.71. The number of carbonyl (C=O) groups excluding carboxylic acids is 1. The molecule has 0 aromatic carbocycles. The Labute approximate surface area is 186 Å². The zero-order valence-electron chi connectivity index (χ0n) is 17.7. The van der Waals surface area contributed by atoms with Gasteiger partial charge in [-0.05, 0) is 31.7 Å². The van der Waals surface area contributed by atoms with Crippen molar-refractivity contribution in [3.8, 4) is 5.88 Å². The molecule has 0 radical (unpaired) electrons. The number of likely N-dealkylation sites (tertiary alicyclic amines) is 1. The molecule has 0 spiro atoms. The number of methoxy groups -OCH3 is 1. The Morgan fingerprint density at radius 2 is 2.19 bits per heavy atom. The summed E-state index contributed by atoms with van der Waals surface area (Å²) in [5, 5.41) is 9.44. The number of nitrogens with one attached hydrogen (secondary N) is 1. The predicted octanol–water partition coefficient (Wildman–Crippen LogP) is 1.30. The summed E-state index contributed by atoms with van der Waals surface area (Å²) in [6, 6.07) is 3.14. The van der Waals surface area contributed by atoms with Gasteiger partial charge in [-0.2, -0.15) is 0 Å². The third kappa shape index (κ3) is 4.96. The normalized spacial score (nSPS) is 28.0. The first kappa shape index (κ1) is 22.7. The van der Waals surface area contributed by atoms with Crippen LogP contribution in [0.2, 0.25) is 0 Å². The van der Waals surface area contributed by atoms with Crippen LogP contribution in [0.15, 0.2) is 18.3 Å². The van der Waals surface area contributed by atoms with Crippen molar-refractivity contribution in [2.45, 2.75) is 43.4 Å². The van der Waals surface area contributed by atoms with Gasteiger partial charge in [0.2, 0.25) is 5.88 Å². The maximum absolute atomic E-state index is 13.0. The average Bonchev–Trinajstić information content (AvgIpc) is 2.99. The van der Waals surface area contributed by atoms with Crippen molar-refractivity contribution in [3.63, 3.8) is 0 Å². The highest BCUT2D eigenvalue weighted by atomic mass is 32.2. The van der Waals surface area contributed by atoms with E-state index in [0.717, 1.165) is 58.1 Å². The fraction of sp³-hybridized carbons (Fsp3) is 0.700. The van der Waals surface area contributed by atoms with Gasteiger partial charge in [0.25, 0.3) is 5.91 Å². The molecule has 172 valence electrons. The molecule has 11 heteroatoms. The highest BCUT2D eigenvalue weighted by Crippen LogP contribution is 2.45. The lowest BCUT2D eigenvalue weighted by atomic mass is 9.96. The molecule has 2 atom stereocenters. The maximum atomic E-state index is 13.0. The summed E-state index contributed by atoms with van der Waals surface area (Å²) in [6.07, 6.45) is 4.48. The number of fused-ring (bicyclic) bond motifs is 2. The molecular weight excluding hydrogens is 425 g/mol. The van der Waals surface area contributed by atoms with E-state index >= 15 is 0 Å². The Hall–Kier alpha value is -1.50. The summed E-state index contributed by atoms with van der Waals surface area (Å²) in [5.41, 5.74) is 1.16. The molecule has 0 saturated carbocycles. The zero-order valence-corrected chi connectivity index (χ0v) is 18.5. The van der Waals surface area contributed by atoms with Crippen molar-refractivity contribution in [3.05, 3.63) is 24.1 Å². The van der Waals surface area contributed by atoms with Gasteiger partial charge in [0.15, 0.2) is 0 Å². The average molecular weight is 456 g/mol. The van der Waals surface area contributed by atoms with Crippen LogP contribution in [0.4, 0.5) is 4.39 Å². The van der Waals surface area contributed by atoms with E-state index in [1.54, 1.807) is 25.3 Å². The van der Waals surface area contributed by atoms with Crippen LogP contribution in [-0.2, 0) is 9.53 Å². The molecule has 3 saturated heterocycles. The molecule has 1 aromatic rings. The highest BCUT2D eigenvalue weighted by Gasteiger charge is 2.57. The van der Waals surface area contributed by atoms with E-state index in [9.17, 15) is 14.4 Å². The maximum Gasteiger partial charge on any atom is 0.266 e. The Balaban J connectivity index is 1.35. The number of carbonyl (C=O) groups is 1. The first-order chi connectivity index (χ1) is 15.0. The molecule has 2 N–H and O–H groups in total. The minimum Gasteiger partial charge on any atom is -0.474 e. The summed E-state index contributed by atoms with van der Waals surface area (Å²) in [5.74, 6) is -0.280. The summed E-state index contributed by atoms with van der Waals surface area (Å²) in [4.78, 5) is 19.0. The molecule has 1 amide bonds. The fourth-order valence-corrected chi connectivity index (χ4v) is 6.03. The van der Waals surface area contributed by atoms with E-state index in [1.165, 1.54) is 6.07 Å².